The van der Waals surface area contributed by atoms with E-state index >= 15 is 0 Å². The van der Waals surface area contributed by atoms with Gasteiger partial charge in [0.25, 0.3) is 0 Å². The van der Waals surface area contributed by atoms with E-state index in [9.17, 15) is 4.79 Å². The molecular formula is C17H19NO3S. The Kier molecular flexibility index (Phi) is 6.15. The Morgan fingerprint density at radius 2 is 2.18 bits per heavy atom. The molecule has 5 heteroatoms. The number of rotatable bonds is 8. The molecule has 0 saturated heterocycles. The minimum absolute atomic E-state index is 0.121. The molecule has 0 amide bonds. The van der Waals surface area contributed by atoms with Gasteiger partial charge in [0.1, 0.15) is 5.69 Å². The van der Waals surface area contributed by atoms with Gasteiger partial charge in [-0.15, -0.1) is 11.3 Å². The second-order valence-electron chi connectivity index (χ2n) is 4.53. The summed E-state index contributed by atoms with van der Waals surface area (Å²) in [6, 6.07) is 5.66. The number of allylic oxidation sites excluding steroid dienone is 1. The van der Waals surface area contributed by atoms with Crippen LogP contribution in [-0.2, 0) is 0 Å². The summed E-state index contributed by atoms with van der Waals surface area (Å²) in [7, 11) is 0. The third-order valence-corrected chi connectivity index (χ3v) is 3.45. The zero-order valence-electron chi connectivity index (χ0n) is 12.7. The number of hydrogen-bond acceptors (Lipinski definition) is 5. The Morgan fingerprint density at radius 1 is 1.32 bits per heavy atom. The summed E-state index contributed by atoms with van der Waals surface area (Å²) in [6.07, 6.45) is 4.16. The van der Waals surface area contributed by atoms with Crippen LogP contribution >= 0.6 is 11.3 Å². The molecule has 1 aromatic heterocycles. The van der Waals surface area contributed by atoms with Crippen LogP contribution in [0.3, 0.4) is 0 Å². The van der Waals surface area contributed by atoms with Crippen LogP contribution in [0.5, 0.6) is 11.5 Å². The van der Waals surface area contributed by atoms with Gasteiger partial charge >= 0.3 is 0 Å². The van der Waals surface area contributed by atoms with E-state index in [0.29, 0.717) is 30.4 Å². The first-order valence-electron chi connectivity index (χ1n) is 7.25. The summed E-state index contributed by atoms with van der Waals surface area (Å²) in [5.41, 5.74) is 2.92. The maximum absolute atomic E-state index is 12.0. The number of thiazole rings is 1. The van der Waals surface area contributed by atoms with E-state index in [1.165, 1.54) is 17.4 Å². The lowest BCUT2D eigenvalue weighted by atomic mass is 10.1. The minimum atomic E-state index is -0.121. The molecule has 1 heterocycles. The summed E-state index contributed by atoms with van der Waals surface area (Å²) in [5, 5.41) is 1.73. The molecule has 2 aromatic rings. The molecule has 0 aliphatic carbocycles. The molecule has 4 nitrogen and oxygen atoms in total. The highest BCUT2D eigenvalue weighted by molar-refractivity contribution is 7.07. The molecule has 0 aliphatic heterocycles. The lowest BCUT2D eigenvalue weighted by Gasteiger charge is -2.13. The lowest BCUT2D eigenvalue weighted by Crippen LogP contribution is -2.02. The van der Waals surface area contributed by atoms with E-state index in [0.717, 1.165) is 12.0 Å². The quantitative estimate of drug-likeness (QED) is 0.540. The number of benzene rings is 1. The van der Waals surface area contributed by atoms with E-state index in [1.807, 2.05) is 32.0 Å². The Bertz CT molecular complexity index is 635. The number of ether oxygens (including phenoxy) is 2. The first kappa shape index (κ1) is 16.2. The number of carbonyl (C=O) groups is 1. The standard InChI is InChI=1S/C17H19NO3S/c1-3-10-21-17-13(6-5-7-16(17)20-4-2)8-9-15(19)14-11-22-12-18-14/h5-9,11-12H,3-4,10H2,1-2H3. The predicted molar refractivity (Wildman–Crippen MR) is 88.9 cm³/mol. The van der Waals surface area contributed by atoms with Crippen molar-refractivity contribution in [1.29, 1.82) is 0 Å². The number of carbonyl (C=O) groups excluding carboxylic acids is 1. The topological polar surface area (TPSA) is 48.4 Å². The van der Waals surface area contributed by atoms with Gasteiger partial charge in [0.05, 0.1) is 18.7 Å². The Labute approximate surface area is 134 Å². The molecule has 0 N–H and O–H groups in total. The monoisotopic (exact) mass is 317 g/mol. The summed E-state index contributed by atoms with van der Waals surface area (Å²) in [4.78, 5) is 16.0. The molecule has 0 saturated carbocycles. The average Bonchev–Trinajstić information content (AvgIpc) is 3.06. The van der Waals surface area contributed by atoms with Crippen molar-refractivity contribution >= 4 is 23.2 Å². The zero-order chi connectivity index (χ0) is 15.8. The van der Waals surface area contributed by atoms with E-state index in [2.05, 4.69) is 4.98 Å². The Hall–Kier alpha value is -2.14. The van der Waals surface area contributed by atoms with Crippen LogP contribution in [0.15, 0.2) is 35.2 Å². The van der Waals surface area contributed by atoms with E-state index in [1.54, 1.807) is 17.0 Å². The van der Waals surface area contributed by atoms with Crippen molar-refractivity contribution in [2.24, 2.45) is 0 Å². The molecule has 22 heavy (non-hydrogen) atoms. The van der Waals surface area contributed by atoms with Crippen LogP contribution in [0.4, 0.5) is 0 Å². The number of ketones is 1. The number of aromatic nitrogens is 1. The minimum Gasteiger partial charge on any atom is -0.490 e. The third kappa shape index (κ3) is 4.18. The fourth-order valence-corrected chi connectivity index (χ4v) is 2.42. The largest absolute Gasteiger partial charge is 0.490 e. The lowest BCUT2D eigenvalue weighted by molar-refractivity contribution is 0.104. The van der Waals surface area contributed by atoms with Gasteiger partial charge in [-0.05, 0) is 31.6 Å². The van der Waals surface area contributed by atoms with Crippen LogP contribution in [-0.4, -0.2) is 24.0 Å². The van der Waals surface area contributed by atoms with Crippen LogP contribution in [0.1, 0.15) is 36.3 Å². The van der Waals surface area contributed by atoms with Gasteiger partial charge in [-0.3, -0.25) is 4.79 Å². The van der Waals surface area contributed by atoms with Crippen molar-refractivity contribution in [3.8, 4) is 11.5 Å². The third-order valence-electron chi connectivity index (χ3n) is 2.86. The van der Waals surface area contributed by atoms with Crippen LogP contribution in [0.25, 0.3) is 6.08 Å². The Balaban J connectivity index is 2.25. The molecule has 0 unspecified atom stereocenters. The van der Waals surface area contributed by atoms with Crippen molar-refractivity contribution in [2.45, 2.75) is 20.3 Å². The van der Waals surface area contributed by atoms with E-state index in [-0.39, 0.29) is 5.78 Å². The van der Waals surface area contributed by atoms with Crippen molar-refractivity contribution in [2.75, 3.05) is 13.2 Å². The van der Waals surface area contributed by atoms with Crippen LogP contribution in [0, 0.1) is 0 Å². The smallest absolute Gasteiger partial charge is 0.205 e. The molecule has 1 aromatic carbocycles. The number of para-hydroxylation sites is 1. The average molecular weight is 317 g/mol. The van der Waals surface area contributed by atoms with Gasteiger partial charge < -0.3 is 9.47 Å². The summed E-state index contributed by atoms with van der Waals surface area (Å²) >= 11 is 1.40. The first-order valence-corrected chi connectivity index (χ1v) is 8.19. The predicted octanol–water partition coefficient (Wildman–Crippen LogP) is 4.23. The van der Waals surface area contributed by atoms with Gasteiger partial charge in [-0.2, -0.15) is 0 Å². The molecule has 2 rings (SSSR count). The molecule has 116 valence electrons. The van der Waals surface area contributed by atoms with Crippen molar-refractivity contribution in [3.63, 3.8) is 0 Å². The van der Waals surface area contributed by atoms with Crippen molar-refractivity contribution < 1.29 is 14.3 Å². The second kappa shape index (κ2) is 8.34. The fourth-order valence-electron chi connectivity index (χ4n) is 1.88. The highest BCUT2D eigenvalue weighted by Crippen LogP contribution is 2.32. The van der Waals surface area contributed by atoms with Gasteiger partial charge in [0.15, 0.2) is 11.5 Å². The molecular weight excluding hydrogens is 298 g/mol. The van der Waals surface area contributed by atoms with Gasteiger partial charge in [0.2, 0.25) is 5.78 Å². The van der Waals surface area contributed by atoms with Crippen LogP contribution < -0.4 is 9.47 Å². The number of nitrogens with zero attached hydrogens (tertiary/aromatic N) is 1. The van der Waals surface area contributed by atoms with Gasteiger partial charge in [-0.1, -0.05) is 19.1 Å². The SMILES string of the molecule is CCCOc1c(C=CC(=O)c2cscn2)cccc1OCC. The number of hydrogen-bond donors (Lipinski definition) is 0. The highest BCUT2D eigenvalue weighted by Gasteiger charge is 2.10. The molecule has 0 aliphatic rings. The van der Waals surface area contributed by atoms with Crippen molar-refractivity contribution in [1.82, 2.24) is 4.98 Å². The highest BCUT2D eigenvalue weighted by atomic mass is 32.1. The second-order valence-corrected chi connectivity index (χ2v) is 5.25. The normalized spacial score (nSPS) is 10.8. The first-order chi connectivity index (χ1) is 10.8. The Morgan fingerprint density at radius 3 is 2.86 bits per heavy atom. The van der Waals surface area contributed by atoms with Crippen molar-refractivity contribution in [3.05, 3.63) is 46.4 Å². The summed E-state index contributed by atoms with van der Waals surface area (Å²) < 4.78 is 11.4. The molecule has 0 spiro atoms. The van der Waals surface area contributed by atoms with Crippen LogP contribution in [0.2, 0.25) is 0 Å². The van der Waals surface area contributed by atoms with Gasteiger partial charge in [-0.25, -0.2) is 4.98 Å². The maximum atomic E-state index is 12.0. The molecule has 0 bridgehead atoms. The van der Waals surface area contributed by atoms with E-state index < -0.39 is 0 Å². The van der Waals surface area contributed by atoms with E-state index in [4.69, 9.17) is 9.47 Å². The molecule has 0 atom stereocenters. The van der Waals surface area contributed by atoms with Gasteiger partial charge in [0, 0.05) is 10.9 Å². The molecule has 0 radical (unpaired) electrons. The summed E-state index contributed by atoms with van der Waals surface area (Å²) in [6.45, 7) is 5.14. The zero-order valence-corrected chi connectivity index (χ0v) is 13.6. The maximum Gasteiger partial charge on any atom is 0.205 e. The molecule has 0 fully saturated rings. The summed E-state index contributed by atoms with van der Waals surface area (Å²) in [5.74, 6) is 1.25. The fraction of sp³-hybridized carbons (Fsp3) is 0.294.